The largest absolute Gasteiger partial charge is 0.324 e. The van der Waals surface area contributed by atoms with E-state index in [0.717, 1.165) is 11.1 Å². The number of benzene rings is 2. The van der Waals surface area contributed by atoms with Gasteiger partial charge in [-0.1, -0.05) is 18.2 Å². The van der Waals surface area contributed by atoms with E-state index in [4.69, 9.17) is 0 Å². The quantitative estimate of drug-likeness (QED) is 0.827. The summed E-state index contributed by atoms with van der Waals surface area (Å²) in [6.45, 7) is 5.23. The number of aryl methyl sites for hydroxylation is 3. The molecule has 0 heterocycles. The normalized spacial score (nSPS) is 11.4. The highest BCUT2D eigenvalue weighted by Crippen LogP contribution is 2.17. The first-order chi connectivity index (χ1) is 11.7. The van der Waals surface area contributed by atoms with Crippen LogP contribution < -0.4 is 10.0 Å². The molecule has 0 spiro atoms. The summed E-state index contributed by atoms with van der Waals surface area (Å²) in [5.41, 5.74) is 2.36. The minimum Gasteiger partial charge on any atom is -0.324 e. The summed E-state index contributed by atoms with van der Waals surface area (Å²) in [7, 11) is -3.70. The van der Waals surface area contributed by atoms with Crippen molar-refractivity contribution in [1.82, 2.24) is 4.72 Å². The van der Waals surface area contributed by atoms with Gasteiger partial charge >= 0.3 is 0 Å². The number of carbonyl (C=O) groups excluding carboxylic acids is 1. The lowest BCUT2D eigenvalue weighted by Crippen LogP contribution is -2.28. The zero-order chi connectivity index (χ0) is 18.6. The number of hydrogen-bond acceptors (Lipinski definition) is 3. The number of rotatable bonds is 6. The maximum Gasteiger partial charge on any atom is 0.240 e. The molecule has 2 N–H and O–H groups in total. The minimum atomic E-state index is -3.70. The first-order valence-electron chi connectivity index (χ1n) is 7.82. The van der Waals surface area contributed by atoms with Crippen molar-refractivity contribution < 1.29 is 17.6 Å². The van der Waals surface area contributed by atoms with Gasteiger partial charge in [0.05, 0.1) is 10.6 Å². The molecule has 0 aromatic heterocycles. The van der Waals surface area contributed by atoms with Gasteiger partial charge in [-0.25, -0.2) is 17.5 Å². The van der Waals surface area contributed by atoms with Crippen LogP contribution in [0.1, 0.15) is 23.1 Å². The van der Waals surface area contributed by atoms with E-state index in [1.54, 1.807) is 32.0 Å². The summed E-state index contributed by atoms with van der Waals surface area (Å²) >= 11 is 0. The fourth-order valence-corrected chi connectivity index (χ4v) is 3.68. The molecule has 2 rings (SSSR count). The summed E-state index contributed by atoms with van der Waals surface area (Å²) in [4.78, 5) is 12.1. The number of halogens is 1. The number of sulfonamides is 1. The molecule has 0 saturated heterocycles. The van der Waals surface area contributed by atoms with Crippen molar-refractivity contribution in [2.75, 3.05) is 11.9 Å². The van der Waals surface area contributed by atoms with Crippen molar-refractivity contribution in [3.8, 4) is 0 Å². The Labute approximate surface area is 147 Å². The van der Waals surface area contributed by atoms with Crippen LogP contribution in [-0.4, -0.2) is 20.9 Å². The summed E-state index contributed by atoms with van der Waals surface area (Å²) < 4.78 is 40.7. The Hall–Kier alpha value is -2.25. The number of nitrogens with one attached hydrogen (secondary N) is 2. The van der Waals surface area contributed by atoms with Crippen LogP contribution in [0.25, 0.3) is 0 Å². The van der Waals surface area contributed by atoms with Gasteiger partial charge in [0.25, 0.3) is 0 Å². The summed E-state index contributed by atoms with van der Waals surface area (Å²) in [6, 6.07) is 9.54. The highest BCUT2D eigenvalue weighted by Gasteiger charge is 2.17. The molecular weight excluding hydrogens is 343 g/mol. The molecule has 0 aliphatic heterocycles. The van der Waals surface area contributed by atoms with E-state index in [1.165, 1.54) is 12.1 Å². The third-order valence-electron chi connectivity index (χ3n) is 3.67. The van der Waals surface area contributed by atoms with Crippen LogP contribution in [-0.2, 0) is 14.8 Å². The van der Waals surface area contributed by atoms with Crippen LogP contribution in [0.15, 0.2) is 41.3 Å². The Morgan fingerprint density at radius 2 is 1.68 bits per heavy atom. The molecule has 0 fully saturated rings. The summed E-state index contributed by atoms with van der Waals surface area (Å²) in [5, 5.41) is 2.45. The van der Waals surface area contributed by atoms with Gasteiger partial charge in [0, 0.05) is 13.0 Å². The fourth-order valence-electron chi connectivity index (χ4n) is 2.32. The lowest BCUT2D eigenvalue weighted by molar-refractivity contribution is -0.116. The third-order valence-corrected chi connectivity index (χ3v) is 5.28. The Balaban J connectivity index is 1.96. The smallest absolute Gasteiger partial charge is 0.240 e. The van der Waals surface area contributed by atoms with E-state index in [-0.39, 0.29) is 23.5 Å². The SMILES string of the molecule is Cc1ccc(F)c(NC(=O)CCNS(=O)(=O)c2cc(C)ccc2C)c1. The predicted octanol–water partition coefficient (Wildman–Crippen LogP) is 3.06. The molecule has 25 heavy (non-hydrogen) atoms. The molecule has 5 nitrogen and oxygen atoms in total. The molecule has 0 bridgehead atoms. The van der Waals surface area contributed by atoms with Crippen LogP contribution in [0.5, 0.6) is 0 Å². The number of hydrogen-bond donors (Lipinski definition) is 2. The van der Waals surface area contributed by atoms with Gasteiger partial charge < -0.3 is 5.32 Å². The van der Waals surface area contributed by atoms with Crippen molar-refractivity contribution in [2.45, 2.75) is 32.1 Å². The molecule has 2 aromatic rings. The van der Waals surface area contributed by atoms with Crippen LogP contribution in [0.4, 0.5) is 10.1 Å². The van der Waals surface area contributed by atoms with E-state index < -0.39 is 21.7 Å². The van der Waals surface area contributed by atoms with Crippen molar-refractivity contribution >= 4 is 21.6 Å². The molecule has 0 saturated carbocycles. The van der Waals surface area contributed by atoms with Crippen LogP contribution in [0.3, 0.4) is 0 Å². The topological polar surface area (TPSA) is 75.3 Å². The van der Waals surface area contributed by atoms with Crippen molar-refractivity contribution in [2.24, 2.45) is 0 Å². The molecular formula is C18H21FN2O3S. The maximum absolute atomic E-state index is 13.6. The minimum absolute atomic E-state index is 0.0744. The van der Waals surface area contributed by atoms with Gasteiger partial charge in [-0.3, -0.25) is 4.79 Å². The lowest BCUT2D eigenvalue weighted by Gasteiger charge is -2.11. The van der Waals surface area contributed by atoms with Crippen LogP contribution in [0, 0.1) is 26.6 Å². The number of carbonyl (C=O) groups is 1. The van der Waals surface area contributed by atoms with Gasteiger partial charge in [0.15, 0.2) is 0 Å². The van der Waals surface area contributed by atoms with E-state index in [0.29, 0.717) is 5.56 Å². The third kappa shape index (κ3) is 5.11. The Kier molecular flexibility index (Phi) is 5.92. The van der Waals surface area contributed by atoms with Crippen molar-refractivity contribution in [3.05, 3.63) is 58.9 Å². The van der Waals surface area contributed by atoms with Crippen LogP contribution in [0.2, 0.25) is 0 Å². The van der Waals surface area contributed by atoms with Gasteiger partial charge in [-0.15, -0.1) is 0 Å². The van der Waals surface area contributed by atoms with Crippen molar-refractivity contribution in [1.29, 1.82) is 0 Å². The fraction of sp³-hybridized carbons (Fsp3) is 0.278. The Morgan fingerprint density at radius 1 is 1.04 bits per heavy atom. The number of amides is 1. The van der Waals surface area contributed by atoms with E-state index >= 15 is 0 Å². The molecule has 1 amide bonds. The highest BCUT2D eigenvalue weighted by atomic mass is 32.2. The Bertz CT molecular complexity index is 895. The first-order valence-corrected chi connectivity index (χ1v) is 9.30. The molecule has 2 aromatic carbocycles. The maximum atomic E-state index is 13.6. The Morgan fingerprint density at radius 3 is 2.40 bits per heavy atom. The molecule has 0 aliphatic carbocycles. The molecule has 0 radical (unpaired) electrons. The molecule has 134 valence electrons. The lowest BCUT2D eigenvalue weighted by atomic mass is 10.2. The molecule has 0 aliphatic rings. The summed E-state index contributed by atoms with van der Waals surface area (Å²) in [5.74, 6) is -0.997. The van der Waals surface area contributed by atoms with Gasteiger partial charge in [0.1, 0.15) is 5.82 Å². The monoisotopic (exact) mass is 364 g/mol. The zero-order valence-electron chi connectivity index (χ0n) is 14.4. The van der Waals surface area contributed by atoms with Gasteiger partial charge in [-0.05, 0) is 55.7 Å². The number of anilines is 1. The summed E-state index contributed by atoms with van der Waals surface area (Å²) in [6.07, 6.45) is -0.0997. The van der Waals surface area contributed by atoms with Crippen molar-refractivity contribution in [3.63, 3.8) is 0 Å². The highest BCUT2D eigenvalue weighted by molar-refractivity contribution is 7.89. The average molecular weight is 364 g/mol. The van der Waals surface area contributed by atoms with Gasteiger partial charge in [-0.2, -0.15) is 0 Å². The molecule has 0 atom stereocenters. The van der Waals surface area contributed by atoms with E-state index in [9.17, 15) is 17.6 Å². The second-order valence-corrected chi connectivity index (χ2v) is 7.68. The predicted molar refractivity (Wildman–Crippen MR) is 95.5 cm³/mol. The second kappa shape index (κ2) is 7.76. The zero-order valence-corrected chi connectivity index (χ0v) is 15.2. The van der Waals surface area contributed by atoms with Crippen LogP contribution >= 0.6 is 0 Å². The van der Waals surface area contributed by atoms with E-state index in [1.807, 2.05) is 13.0 Å². The first kappa shape index (κ1) is 19.1. The van der Waals surface area contributed by atoms with Gasteiger partial charge in [0.2, 0.25) is 15.9 Å². The van der Waals surface area contributed by atoms with E-state index in [2.05, 4.69) is 10.0 Å². The average Bonchev–Trinajstić information content (AvgIpc) is 2.53. The standard InChI is InChI=1S/C18H21FN2O3S/c1-12-5-7-15(19)16(10-12)21-18(22)8-9-20-25(23,24)17-11-13(2)4-6-14(17)3/h4-7,10-11,20H,8-9H2,1-3H3,(H,21,22). The molecule has 0 unspecified atom stereocenters. The second-order valence-electron chi connectivity index (χ2n) is 5.95. The molecule has 7 heteroatoms.